The minimum Gasteiger partial charge on any atom is -0.495 e. The number of carboxylic acids is 1. The molecule has 0 unspecified atom stereocenters. The fourth-order valence-corrected chi connectivity index (χ4v) is 3.25. The highest BCUT2D eigenvalue weighted by atomic mass is 79.9. The van der Waals surface area contributed by atoms with Gasteiger partial charge < -0.3 is 19.9 Å². The molecule has 150 valence electrons. The van der Waals surface area contributed by atoms with E-state index in [2.05, 4.69) is 40.3 Å². The summed E-state index contributed by atoms with van der Waals surface area (Å²) in [6, 6.07) is 18.8. The summed E-state index contributed by atoms with van der Waals surface area (Å²) in [4.78, 5) is 11.3. The monoisotopic (exact) mass is 455 g/mol. The van der Waals surface area contributed by atoms with Gasteiger partial charge in [-0.15, -0.1) is 0 Å². The highest BCUT2D eigenvalue weighted by molar-refractivity contribution is 9.10. The van der Waals surface area contributed by atoms with E-state index in [9.17, 15) is 9.90 Å². The number of benzene rings is 3. The number of carboxylic acid groups (broad SMARTS) is 1. The Morgan fingerprint density at radius 3 is 2.45 bits per heavy atom. The molecule has 0 aliphatic carbocycles. The zero-order chi connectivity index (χ0) is 20.8. The zero-order valence-electron chi connectivity index (χ0n) is 16.2. The lowest BCUT2D eigenvalue weighted by Gasteiger charge is -2.15. The third-order valence-electron chi connectivity index (χ3n) is 4.45. The predicted octanol–water partition coefficient (Wildman–Crippen LogP) is 5.66. The van der Waals surface area contributed by atoms with E-state index in [1.54, 1.807) is 19.2 Å². The summed E-state index contributed by atoms with van der Waals surface area (Å²) in [5, 5.41) is 12.5. The van der Waals surface area contributed by atoms with Crippen LogP contribution in [0.3, 0.4) is 0 Å². The molecule has 0 aromatic heterocycles. The van der Waals surface area contributed by atoms with Crippen LogP contribution in [0.1, 0.15) is 27.0 Å². The predicted molar refractivity (Wildman–Crippen MR) is 117 cm³/mol. The number of rotatable bonds is 8. The molecule has 0 aliphatic rings. The van der Waals surface area contributed by atoms with Crippen LogP contribution in [0.4, 0.5) is 5.69 Å². The van der Waals surface area contributed by atoms with E-state index in [0.717, 1.165) is 21.3 Å². The van der Waals surface area contributed by atoms with Gasteiger partial charge in [0.15, 0.2) is 0 Å². The lowest BCUT2D eigenvalue weighted by Crippen LogP contribution is -2.06. The van der Waals surface area contributed by atoms with E-state index in [4.69, 9.17) is 9.47 Å². The largest absolute Gasteiger partial charge is 0.495 e. The second kappa shape index (κ2) is 9.47. The molecule has 0 heterocycles. The number of nitrogens with one attached hydrogen (secondary N) is 1. The Kier molecular flexibility index (Phi) is 6.77. The Morgan fingerprint density at radius 1 is 1.03 bits per heavy atom. The van der Waals surface area contributed by atoms with Gasteiger partial charge in [-0.2, -0.15) is 0 Å². The second-order valence-electron chi connectivity index (χ2n) is 6.60. The van der Waals surface area contributed by atoms with Gasteiger partial charge in [0.05, 0.1) is 18.4 Å². The SMILES string of the molecule is COc1ccc(C(=O)O)cc1NCc1cc(Br)ccc1OCc1ccc(C)cc1. The first-order chi connectivity index (χ1) is 14.0. The van der Waals surface area contributed by atoms with E-state index >= 15 is 0 Å². The van der Waals surface area contributed by atoms with Gasteiger partial charge in [-0.1, -0.05) is 45.8 Å². The van der Waals surface area contributed by atoms with Crippen molar-refractivity contribution in [3.05, 3.63) is 87.4 Å². The maximum atomic E-state index is 11.3. The van der Waals surface area contributed by atoms with Crippen LogP contribution in [0.25, 0.3) is 0 Å². The molecule has 0 saturated heterocycles. The van der Waals surface area contributed by atoms with Crippen molar-refractivity contribution in [2.75, 3.05) is 12.4 Å². The zero-order valence-corrected chi connectivity index (χ0v) is 17.8. The van der Waals surface area contributed by atoms with E-state index in [1.807, 2.05) is 30.3 Å². The highest BCUT2D eigenvalue weighted by Gasteiger charge is 2.11. The third-order valence-corrected chi connectivity index (χ3v) is 4.95. The lowest BCUT2D eigenvalue weighted by molar-refractivity contribution is 0.0697. The van der Waals surface area contributed by atoms with Gasteiger partial charge >= 0.3 is 5.97 Å². The Bertz CT molecular complexity index is 1000. The van der Waals surface area contributed by atoms with Crippen LogP contribution >= 0.6 is 15.9 Å². The van der Waals surface area contributed by atoms with Crippen molar-refractivity contribution in [1.82, 2.24) is 0 Å². The maximum Gasteiger partial charge on any atom is 0.335 e. The third kappa shape index (κ3) is 5.51. The van der Waals surface area contributed by atoms with Gasteiger partial charge in [0.25, 0.3) is 0 Å². The van der Waals surface area contributed by atoms with Gasteiger partial charge in [-0.25, -0.2) is 4.79 Å². The Balaban J connectivity index is 1.77. The van der Waals surface area contributed by atoms with Crippen LogP contribution < -0.4 is 14.8 Å². The summed E-state index contributed by atoms with van der Waals surface area (Å²) >= 11 is 3.50. The van der Waals surface area contributed by atoms with Crippen molar-refractivity contribution in [2.45, 2.75) is 20.1 Å². The molecule has 0 amide bonds. The smallest absolute Gasteiger partial charge is 0.335 e. The molecule has 0 fully saturated rings. The molecular formula is C23H22BrNO4. The fourth-order valence-electron chi connectivity index (χ4n) is 2.84. The summed E-state index contributed by atoms with van der Waals surface area (Å²) in [5.74, 6) is 0.349. The van der Waals surface area contributed by atoms with Crippen LogP contribution in [0.2, 0.25) is 0 Å². The molecule has 0 radical (unpaired) electrons. The van der Waals surface area contributed by atoms with E-state index in [1.165, 1.54) is 11.6 Å². The molecule has 2 N–H and O–H groups in total. The van der Waals surface area contributed by atoms with Crippen LogP contribution in [0.15, 0.2) is 65.1 Å². The molecule has 29 heavy (non-hydrogen) atoms. The second-order valence-corrected chi connectivity index (χ2v) is 7.52. The Hall–Kier alpha value is -2.99. The van der Waals surface area contributed by atoms with E-state index < -0.39 is 5.97 Å². The molecule has 0 bridgehead atoms. The molecule has 0 aliphatic heterocycles. The summed E-state index contributed by atoms with van der Waals surface area (Å²) in [6.45, 7) is 2.96. The molecule has 0 saturated carbocycles. The van der Waals surface area contributed by atoms with E-state index in [-0.39, 0.29) is 5.56 Å². The number of methoxy groups -OCH3 is 1. The van der Waals surface area contributed by atoms with Crippen LogP contribution in [0.5, 0.6) is 11.5 Å². The number of aromatic carboxylic acids is 1. The fraction of sp³-hybridized carbons (Fsp3) is 0.174. The summed E-state index contributed by atoms with van der Waals surface area (Å²) in [5.41, 5.74) is 4.04. The first kappa shape index (κ1) is 20.7. The minimum atomic E-state index is -0.986. The van der Waals surface area contributed by atoms with E-state index in [0.29, 0.717) is 24.6 Å². The topological polar surface area (TPSA) is 67.8 Å². The summed E-state index contributed by atoms with van der Waals surface area (Å²) in [7, 11) is 1.55. The normalized spacial score (nSPS) is 10.4. The number of hydrogen-bond donors (Lipinski definition) is 2. The van der Waals surface area contributed by atoms with Gasteiger partial charge in [0.1, 0.15) is 18.1 Å². The van der Waals surface area contributed by atoms with Gasteiger partial charge in [0.2, 0.25) is 0 Å². The Labute approximate surface area is 178 Å². The van der Waals surface area contributed by atoms with Crippen molar-refractivity contribution in [3.8, 4) is 11.5 Å². The number of carbonyl (C=O) groups is 1. The van der Waals surface area contributed by atoms with Crippen LogP contribution in [0, 0.1) is 6.92 Å². The number of anilines is 1. The summed E-state index contributed by atoms with van der Waals surface area (Å²) < 4.78 is 12.3. The molecule has 0 atom stereocenters. The average molecular weight is 456 g/mol. The van der Waals surface area contributed by atoms with Crippen molar-refractivity contribution in [1.29, 1.82) is 0 Å². The quantitative estimate of drug-likeness (QED) is 0.458. The van der Waals surface area contributed by atoms with Crippen LogP contribution in [-0.4, -0.2) is 18.2 Å². The molecule has 0 spiro atoms. The highest BCUT2D eigenvalue weighted by Crippen LogP contribution is 2.29. The van der Waals surface area contributed by atoms with Gasteiger partial charge in [-0.05, 0) is 48.9 Å². The first-order valence-corrected chi connectivity index (χ1v) is 9.87. The van der Waals surface area contributed by atoms with Crippen molar-refractivity contribution in [2.24, 2.45) is 0 Å². The maximum absolute atomic E-state index is 11.3. The summed E-state index contributed by atoms with van der Waals surface area (Å²) in [6.07, 6.45) is 0. The standard InChI is InChI=1S/C23H22BrNO4/c1-15-3-5-16(6-4-15)14-29-21-10-8-19(24)11-18(21)13-25-20-12-17(23(26)27)7-9-22(20)28-2/h3-12,25H,13-14H2,1-2H3,(H,26,27). The minimum absolute atomic E-state index is 0.193. The van der Waals surface area contributed by atoms with Crippen molar-refractivity contribution in [3.63, 3.8) is 0 Å². The van der Waals surface area contributed by atoms with Crippen molar-refractivity contribution < 1.29 is 19.4 Å². The molecule has 6 heteroatoms. The first-order valence-electron chi connectivity index (χ1n) is 9.08. The molecular weight excluding hydrogens is 434 g/mol. The molecule has 5 nitrogen and oxygen atoms in total. The number of hydrogen-bond acceptors (Lipinski definition) is 4. The molecule has 3 aromatic carbocycles. The average Bonchev–Trinajstić information content (AvgIpc) is 2.72. The molecule has 3 rings (SSSR count). The number of halogens is 1. The van der Waals surface area contributed by atoms with Gasteiger partial charge in [-0.3, -0.25) is 0 Å². The Morgan fingerprint density at radius 2 is 1.76 bits per heavy atom. The number of aryl methyl sites for hydroxylation is 1. The lowest BCUT2D eigenvalue weighted by atomic mass is 10.1. The molecule has 3 aromatic rings. The van der Waals surface area contributed by atoms with Crippen LogP contribution in [-0.2, 0) is 13.2 Å². The van der Waals surface area contributed by atoms with Gasteiger partial charge in [0, 0.05) is 16.6 Å². The number of ether oxygens (including phenoxy) is 2. The van der Waals surface area contributed by atoms with Crippen molar-refractivity contribution >= 4 is 27.6 Å².